The van der Waals surface area contributed by atoms with Crippen molar-refractivity contribution in [1.29, 1.82) is 0 Å². The van der Waals surface area contributed by atoms with E-state index >= 15 is 0 Å². The van der Waals surface area contributed by atoms with Gasteiger partial charge < -0.3 is 20.3 Å². The molecule has 0 heterocycles. The van der Waals surface area contributed by atoms with E-state index in [1.807, 2.05) is 75.4 Å². The van der Waals surface area contributed by atoms with Crippen LogP contribution in [0.3, 0.4) is 0 Å². The molecule has 38 heavy (non-hydrogen) atoms. The van der Waals surface area contributed by atoms with E-state index in [1.165, 1.54) is 0 Å². The number of hydrogen-bond acceptors (Lipinski definition) is 4. The van der Waals surface area contributed by atoms with Gasteiger partial charge in [-0.2, -0.15) is 0 Å². The summed E-state index contributed by atoms with van der Waals surface area (Å²) in [6.07, 6.45) is 2.09. The first-order valence-electron chi connectivity index (χ1n) is 13.3. The Hall–Kier alpha value is -3.61. The van der Waals surface area contributed by atoms with Gasteiger partial charge in [0.15, 0.2) is 0 Å². The van der Waals surface area contributed by atoms with Crippen LogP contribution in [-0.4, -0.2) is 41.0 Å². The molecule has 2 aromatic rings. The van der Waals surface area contributed by atoms with E-state index in [4.69, 9.17) is 4.74 Å². The number of rotatable bonds is 12. The molecule has 2 rings (SSSR count). The van der Waals surface area contributed by atoms with Crippen LogP contribution in [0.4, 0.5) is 4.79 Å². The van der Waals surface area contributed by atoms with Gasteiger partial charge in [0.2, 0.25) is 11.8 Å². The van der Waals surface area contributed by atoms with Crippen molar-refractivity contribution < 1.29 is 19.1 Å². The molecule has 0 saturated heterocycles. The average Bonchev–Trinajstić information content (AvgIpc) is 2.85. The number of carbonyl (C=O) groups is 3. The van der Waals surface area contributed by atoms with Crippen LogP contribution in [0.15, 0.2) is 61.2 Å². The van der Waals surface area contributed by atoms with E-state index < -0.39 is 23.8 Å². The molecule has 2 unspecified atom stereocenters. The molecule has 0 radical (unpaired) electrons. The number of benzene rings is 2. The number of carbonyl (C=O) groups excluding carboxylic acids is 3. The molecule has 0 fully saturated rings. The van der Waals surface area contributed by atoms with Gasteiger partial charge in [-0.25, -0.2) is 4.79 Å². The third kappa shape index (κ3) is 9.69. The maximum absolute atomic E-state index is 14.1. The predicted octanol–water partition coefficient (Wildman–Crippen LogP) is 5.87. The van der Waals surface area contributed by atoms with Crippen molar-refractivity contribution in [3.63, 3.8) is 0 Å². The maximum Gasteiger partial charge on any atom is 0.408 e. The minimum atomic E-state index is -0.888. The highest BCUT2D eigenvalue weighted by molar-refractivity contribution is 5.92. The Labute approximate surface area is 227 Å². The van der Waals surface area contributed by atoms with Crippen molar-refractivity contribution >= 4 is 24.0 Å². The van der Waals surface area contributed by atoms with E-state index in [0.717, 1.165) is 11.1 Å². The van der Waals surface area contributed by atoms with Gasteiger partial charge >= 0.3 is 6.09 Å². The molecule has 7 heteroatoms. The number of nitrogens with zero attached hydrogens (tertiary/aromatic N) is 1. The third-order valence-electron chi connectivity index (χ3n) is 5.78. The molecule has 3 amide bonds. The summed E-state index contributed by atoms with van der Waals surface area (Å²) in [5.74, 6) is -0.496. The van der Waals surface area contributed by atoms with Crippen LogP contribution in [0.2, 0.25) is 0 Å². The normalized spacial score (nSPS) is 12.8. The van der Waals surface area contributed by atoms with Crippen molar-refractivity contribution in [3.8, 4) is 0 Å². The zero-order valence-corrected chi connectivity index (χ0v) is 23.6. The van der Waals surface area contributed by atoms with Crippen LogP contribution in [0.5, 0.6) is 0 Å². The molecule has 0 aliphatic rings. The van der Waals surface area contributed by atoms with E-state index in [9.17, 15) is 14.4 Å². The fraction of sp³-hybridized carbons (Fsp3) is 0.452. The summed E-state index contributed by atoms with van der Waals surface area (Å²) >= 11 is 0. The molecule has 0 aromatic heterocycles. The lowest BCUT2D eigenvalue weighted by Gasteiger charge is -2.35. The Morgan fingerprint density at radius 2 is 1.74 bits per heavy atom. The SMILES string of the molecule is C=Cc1cccc(C(C(=O)NCc2ccccc2)N(CCC)C(=O)C(CC(C)C)NC(=O)OC(C)(C)C)c1. The average molecular weight is 522 g/mol. The molecular weight excluding hydrogens is 478 g/mol. The van der Waals surface area contributed by atoms with Gasteiger partial charge in [0.25, 0.3) is 0 Å². The van der Waals surface area contributed by atoms with Crippen molar-refractivity contribution in [2.75, 3.05) is 6.54 Å². The Bertz CT molecular complexity index is 1080. The minimum absolute atomic E-state index is 0.122. The molecule has 7 nitrogen and oxygen atoms in total. The van der Waals surface area contributed by atoms with Crippen LogP contribution >= 0.6 is 0 Å². The van der Waals surface area contributed by atoms with E-state index in [-0.39, 0.29) is 17.7 Å². The summed E-state index contributed by atoms with van der Waals surface area (Å²) in [5.41, 5.74) is 1.77. The Morgan fingerprint density at radius 3 is 2.32 bits per heavy atom. The fourth-order valence-electron chi connectivity index (χ4n) is 4.16. The molecule has 0 bridgehead atoms. The Balaban J connectivity index is 2.46. The van der Waals surface area contributed by atoms with E-state index in [2.05, 4.69) is 17.2 Å². The summed E-state index contributed by atoms with van der Waals surface area (Å²) in [6, 6.07) is 15.3. The molecule has 2 atom stereocenters. The van der Waals surface area contributed by atoms with Crippen molar-refractivity contribution in [1.82, 2.24) is 15.5 Å². The van der Waals surface area contributed by atoms with Gasteiger partial charge in [0.05, 0.1) is 0 Å². The molecular formula is C31H43N3O4. The fourth-order valence-corrected chi connectivity index (χ4v) is 4.16. The van der Waals surface area contributed by atoms with Crippen molar-refractivity contribution in [2.24, 2.45) is 5.92 Å². The van der Waals surface area contributed by atoms with Crippen LogP contribution in [0, 0.1) is 5.92 Å². The van der Waals surface area contributed by atoms with Gasteiger partial charge in [-0.05, 0) is 62.3 Å². The lowest BCUT2D eigenvalue weighted by molar-refractivity contribution is -0.142. The number of alkyl carbamates (subject to hydrolysis) is 1. The molecule has 206 valence electrons. The Morgan fingerprint density at radius 1 is 1.05 bits per heavy atom. The maximum atomic E-state index is 14.1. The molecule has 0 aliphatic heterocycles. The number of ether oxygens (including phenoxy) is 1. The number of nitrogens with one attached hydrogen (secondary N) is 2. The van der Waals surface area contributed by atoms with Crippen LogP contribution in [0.1, 0.15) is 77.1 Å². The summed E-state index contributed by atoms with van der Waals surface area (Å²) in [7, 11) is 0. The highest BCUT2D eigenvalue weighted by atomic mass is 16.6. The molecule has 0 saturated carbocycles. The van der Waals surface area contributed by atoms with Crippen LogP contribution in [0.25, 0.3) is 6.08 Å². The first-order chi connectivity index (χ1) is 17.9. The molecule has 2 aromatic carbocycles. The monoisotopic (exact) mass is 521 g/mol. The molecule has 0 aliphatic carbocycles. The lowest BCUT2D eigenvalue weighted by atomic mass is 9.98. The number of hydrogen-bond donors (Lipinski definition) is 2. The van der Waals surface area contributed by atoms with Crippen molar-refractivity contribution in [2.45, 2.75) is 78.6 Å². The van der Waals surface area contributed by atoms with Gasteiger partial charge in [-0.1, -0.05) is 82.0 Å². The quantitative estimate of drug-likeness (QED) is 0.366. The van der Waals surface area contributed by atoms with Gasteiger partial charge in [-0.3, -0.25) is 9.59 Å². The predicted molar refractivity (Wildman–Crippen MR) is 152 cm³/mol. The lowest BCUT2D eigenvalue weighted by Crippen LogP contribution is -2.53. The number of amides is 3. The van der Waals surface area contributed by atoms with Gasteiger partial charge in [0.1, 0.15) is 17.7 Å². The van der Waals surface area contributed by atoms with E-state index in [0.29, 0.717) is 31.5 Å². The summed E-state index contributed by atoms with van der Waals surface area (Å²) in [6.45, 7) is 15.8. The Kier molecular flexibility index (Phi) is 11.6. The second-order valence-electron chi connectivity index (χ2n) is 10.8. The molecule has 0 spiro atoms. The highest BCUT2D eigenvalue weighted by Gasteiger charge is 2.36. The summed E-state index contributed by atoms with van der Waals surface area (Å²) in [4.78, 5) is 42.1. The molecule has 2 N–H and O–H groups in total. The summed E-state index contributed by atoms with van der Waals surface area (Å²) in [5, 5.41) is 5.78. The largest absolute Gasteiger partial charge is 0.444 e. The summed E-state index contributed by atoms with van der Waals surface area (Å²) < 4.78 is 5.44. The zero-order valence-electron chi connectivity index (χ0n) is 23.6. The van der Waals surface area contributed by atoms with Crippen molar-refractivity contribution in [3.05, 3.63) is 77.9 Å². The van der Waals surface area contributed by atoms with Crippen LogP contribution < -0.4 is 10.6 Å². The van der Waals surface area contributed by atoms with Gasteiger partial charge in [0, 0.05) is 13.1 Å². The third-order valence-corrected chi connectivity index (χ3v) is 5.78. The second kappa shape index (κ2) is 14.4. The minimum Gasteiger partial charge on any atom is -0.444 e. The first kappa shape index (κ1) is 30.6. The van der Waals surface area contributed by atoms with Crippen LogP contribution in [-0.2, 0) is 20.9 Å². The smallest absolute Gasteiger partial charge is 0.408 e. The first-order valence-corrected chi connectivity index (χ1v) is 13.3. The second-order valence-corrected chi connectivity index (χ2v) is 10.8. The highest BCUT2D eigenvalue weighted by Crippen LogP contribution is 2.25. The topological polar surface area (TPSA) is 87.7 Å². The standard InChI is InChI=1S/C31H43N3O4/c1-8-18-34(29(36)26(19-22(3)4)33-30(37)38-31(5,6)7)27(25-17-13-16-23(9-2)20-25)28(35)32-21-24-14-11-10-12-15-24/h9-17,20,22,26-27H,2,8,18-19,21H2,1,3-7H3,(H,32,35)(H,33,37). The van der Waals surface area contributed by atoms with E-state index in [1.54, 1.807) is 31.7 Å². The van der Waals surface area contributed by atoms with Gasteiger partial charge in [-0.15, -0.1) is 0 Å². The zero-order chi connectivity index (χ0) is 28.3.